The second kappa shape index (κ2) is 6.22. The van der Waals surface area contributed by atoms with Crippen molar-refractivity contribution >= 4 is 28.5 Å². The molecule has 1 saturated heterocycles. The van der Waals surface area contributed by atoms with Gasteiger partial charge in [-0.3, -0.25) is 9.55 Å². The van der Waals surface area contributed by atoms with E-state index in [1.54, 1.807) is 16.8 Å². The van der Waals surface area contributed by atoms with Crippen LogP contribution in [0.4, 0.5) is 5.69 Å². The number of hydrogen-bond donors (Lipinski definition) is 1. The summed E-state index contributed by atoms with van der Waals surface area (Å²) >= 11 is 5.99. The zero-order chi connectivity index (χ0) is 17.4. The first-order chi connectivity index (χ1) is 12.2. The maximum absolute atomic E-state index is 12.3. The van der Waals surface area contributed by atoms with Gasteiger partial charge in [0, 0.05) is 37.6 Å². The van der Waals surface area contributed by atoms with Crippen LogP contribution < -0.4 is 10.6 Å². The fourth-order valence-corrected chi connectivity index (χ4v) is 3.61. The van der Waals surface area contributed by atoms with E-state index < -0.39 is 0 Å². The number of nitrogens with one attached hydrogen (secondary N) is 1. The molecule has 3 aromatic rings. The summed E-state index contributed by atoms with van der Waals surface area (Å²) in [5, 5.41) is 9.65. The highest BCUT2D eigenvalue weighted by atomic mass is 35.5. The van der Waals surface area contributed by atoms with Gasteiger partial charge in [-0.25, -0.2) is 14.8 Å². The summed E-state index contributed by atoms with van der Waals surface area (Å²) in [6, 6.07) is 7.73. The fraction of sp³-hybridized carbons (Fsp3) is 0.294. The van der Waals surface area contributed by atoms with E-state index in [0.29, 0.717) is 16.4 Å². The number of hydrogen-bond acceptors (Lipinski definition) is 5. The molecule has 3 aromatic heterocycles. The molecule has 0 saturated carbocycles. The third-order valence-electron chi connectivity index (χ3n) is 4.63. The highest BCUT2D eigenvalue weighted by Crippen LogP contribution is 2.30. The number of H-pyrrole nitrogens is 1. The Morgan fingerprint density at radius 2 is 2.12 bits per heavy atom. The quantitative estimate of drug-likeness (QED) is 0.714. The van der Waals surface area contributed by atoms with Crippen LogP contribution in [0.25, 0.3) is 11.2 Å². The van der Waals surface area contributed by atoms with Gasteiger partial charge in [0.1, 0.15) is 11.2 Å². The number of nitriles is 1. The number of rotatable bonds is 2. The Balaban J connectivity index is 1.60. The number of fused-ring (bicyclic) bond motifs is 1. The number of halogens is 1. The molecule has 4 heterocycles. The monoisotopic (exact) mass is 354 g/mol. The average molecular weight is 355 g/mol. The lowest BCUT2D eigenvalue weighted by molar-refractivity contribution is 0.396. The van der Waals surface area contributed by atoms with Crippen molar-refractivity contribution in [3.8, 4) is 6.07 Å². The van der Waals surface area contributed by atoms with Crippen LogP contribution in [0.15, 0.2) is 35.4 Å². The third kappa shape index (κ3) is 2.75. The molecule has 0 spiro atoms. The van der Waals surface area contributed by atoms with Crippen molar-refractivity contribution in [2.75, 3.05) is 18.0 Å². The van der Waals surface area contributed by atoms with Crippen LogP contribution in [0.5, 0.6) is 0 Å². The van der Waals surface area contributed by atoms with Crippen molar-refractivity contribution in [2.45, 2.75) is 18.9 Å². The molecule has 4 rings (SSSR count). The van der Waals surface area contributed by atoms with Crippen LogP contribution in [0.1, 0.15) is 24.4 Å². The van der Waals surface area contributed by atoms with Gasteiger partial charge in [0.25, 0.3) is 0 Å². The van der Waals surface area contributed by atoms with E-state index in [9.17, 15) is 10.1 Å². The molecule has 1 aliphatic heterocycles. The maximum Gasteiger partial charge on any atom is 0.327 e. The molecule has 0 radical (unpaired) electrons. The maximum atomic E-state index is 12.3. The van der Waals surface area contributed by atoms with Crippen molar-refractivity contribution < 1.29 is 0 Å². The van der Waals surface area contributed by atoms with Crippen LogP contribution in [-0.2, 0) is 0 Å². The first-order valence-electron chi connectivity index (χ1n) is 8.03. The minimum Gasteiger partial charge on any atom is -0.370 e. The number of nitrogens with zero attached hydrogens (tertiary/aromatic N) is 5. The lowest BCUT2D eigenvalue weighted by Gasteiger charge is -2.34. The first-order valence-corrected chi connectivity index (χ1v) is 8.41. The zero-order valence-corrected chi connectivity index (χ0v) is 14.1. The molecule has 0 aliphatic carbocycles. The Hall–Kier alpha value is -2.85. The van der Waals surface area contributed by atoms with Gasteiger partial charge < -0.3 is 4.90 Å². The lowest BCUT2D eigenvalue weighted by atomic mass is 10.0. The van der Waals surface area contributed by atoms with E-state index in [-0.39, 0.29) is 11.7 Å². The smallest absolute Gasteiger partial charge is 0.327 e. The van der Waals surface area contributed by atoms with E-state index >= 15 is 0 Å². The van der Waals surface area contributed by atoms with Crippen molar-refractivity contribution in [3.05, 3.63) is 51.8 Å². The zero-order valence-electron chi connectivity index (χ0n) is 13.3. The van der Waals surface area contributed by atoms with Crippen LogP contribution in [0.2, 0.25) is 5.15 Å². The summed E-state index contributed by atoms with van der Waals surface area (Å²) in [6.07, 6.45) is 4.76. The average Bonchev–Trinajstić information content (AvgIpc) is 2.97. The van der Waals surface area contributed by atoms with Crippen molar-refractivity contribution in [1.82, 2.24) is 19.5 Å². The number of anilines is 1. The summed E-state index contributed by atoms with van der Waals surface area (Å²) in [7, 11) is 0. The molecule has 8 heteroatoms. The number of imidazole rings is 1. The second-order valence-corrected chi connectivity index (χ2v) is 6.41. The summed E-state index contributed by atoms with van der Waals surface area (Å²) < 4.78 is 1.80. The van der Waals surface area contributed by atoms with E-state index in [1.807, 2.05) is 12.1 Å². The molecular formula is C17H15ClN6O. The predicted molar refractivity (Wildman–Crippen MR) is 94.8 cm³/mol. The molecule has 0 amide bonds. The van der Waals surface area contributed by atoms with E-state index in [0.717, 1.165) is 37.1 Å². The van der Waals surface area contributed by atoms with Gasteiger partial charge in [0.15, 0.2) is 5.65 Å². The Labute approximate surface area is 148 Å². The summed E-state index contributed by atoms with van der Waals surface area (Å²) in [4.78, 5) is 25.4. The fourth-order valence-electron chi connectivity index (χ4n) is 3.45. The molecular weight excluding hydrogens is 340 g/mol. The predicted octanol–water partition coefficient (Wildman–Crippen LogP) is 2.49. The van der Waals surface area contributed by atoms with Gasteiger partial charge in [-0.05, 0) is 25.0 Å². The molecule has 1 aliphatic rings. The minimum atomic E-state index is -0.128. The Bertz CT molecular complexity index is 1030. The molecule has 1 N–H and O–H groups in total. The molecule has 0 bridgehead atoms. The van der Waals surface area contributed by atoms with Gasteiger partial charge in [-0.15, -0.1) is 0 Å². The highest BCUT2D eigenvalue weighted by Gasteiger charge is 2.25. The SMILES string of the molecule is N#Cc1cnc(Cl)cc1N1CCC(n2c(=O)[nH]c3ncccc32)CC1. The van der Waals surface area contributed by atoms with E-state index in [4.69, 9.17) is 11.6 Å². The molecule has 0 aromatic carbocycles. The van der Waals surface area contributed by atoms with Gasteiger partial charge in [-0.1, -0.05) is 11.6 Å². The van der Waals surface area contributed by atoms with Gasteiger partial charge >= 0.3 is 5.69 Å². The Kier molecular flexibility index (Phi) is 3.90. The van der Waals surface area contributed by atoms with Crippen molar-refractivity contribution in [2.24, 2.45) is 0 Å². The number of aromatic amines is 1. The second-order valence-electron chi connectivity index (χ2n) is 6.03. The van der Waals surface area contributed by atoms with Crippen molar-refractivity contribution in [1.29, 1.82) is 5.26 Å². The number of piperidine rings is 1. The molecule has 126 valence electrons. The number of aromatic nitrogens is 4. The van der Waals surface area contributed by atoms with Crippen molar-refractivity contribution in [3.63, 3.8) is 0 Å². The molecule has 1 fully saturated rings. The molecule has 25 heavy (non-hydrogen) atoms. The normalized spacial score (nSPS) is 15.4. The molecule has 0 atom stereocenters. The third-order valence-corrected chi connectivity index (χ3v) is 4.84. The lowest BCUT2D eigenvalue weighted by Crippen LogP contribution is -2.37. The van der Waals surface area contributed by atoms with Gasteiger partial charge in [0.2, 0.25) is 0 Å². The molecule has 0 unspecified atom stereocenters. The van der Waals surface area contributed by atoms with Gasteiger partial charge in [-0.2, -0.15) is 5.26 Å². The first kappa shape index (κ1) is 15.7. The Morgan fingerprint density at radius 3 is 2.88 bits per heavy atom. The summed E-state index contributed by atoms with van der Waals surface area (Å²) in [5.41, 5.74) is 2.63. The van der Waals surface area contributed by atoms with Crippen LogP contribution in [-0.4, -0.2) is 32.6 Å². The van der Waals surface area contributed by atoms with Crippen LogP contribution in [0, 0.1) is 11.3 Å². The topological polar surface area (TPSA) is 90.6 Å². The van der Waals surface area contributed by atoms with E-state index in [1.165, 1.54) is 6.20 Å². The number of pyridine rings is 2. The Morgan fingerprint density at radius 1 is 1.32 bits per heavy atom. The minimum absolute atomic E-state index is 0.101. The standard InChI is InChI=1S/C17H15ClN6O/c18-15-8-14(11(9-19)10-21-15)23-6-3-12(4-7-23)24-13-2-1-5-20-16(13)22-17(24)25/h1-2,5,8,10,12H,3-4,6-7H2,(H,20,22,25). The molecule has 7 nitrogen and oxygen atoms in total. The van der Waals surface area contributed by atoms with Gasteiger partial charge in [0.05, 0.1) is 16.8 Å². The van der Waals surface area contributed by atoms with Crippen LogP contribution in [0.3, 0.4) is 0 Å². The van der Waals surface area contributed by atoms with E-state index in [2.05, 4.69) is 25.9 Å². The largest absolute Gasteiger partial charge is 0.370 e. The summed E-state index contributed by atoms with van der Waals surface area (Å²) in [6.45, 7) is 1.47. The van der Waals surface area contributed by atoms with Crippen LogP contribution >= 0.6 is 11.6 Å². The highest BCUT2D eigenvalue weighted by molar-refractivity contribution is 6.29. The summed E-state index contributed by atoms with van der Waals surface area (Å²) in [5.74, 6) is 0.